The van der Waals surface area contributed by atoms with Crippen molar-refractivity contribution in [2.24, 2.45) is 5.92 Å². The molecular weight excluding hydrogens is 324 g/mol. The van der Waals surface area contributed by atoms with Gasteiger partial charge >= 0.3 is 0 Å². The van der Waals surface area contributed by atoms with Gasteiger partial charge in [0.1, 0.15) is 16.5 Å². The van der Waals surface area contributed by atoms with Crippen LogP contribution in [0.15, 0.2) is 17.0 Å². The molecule has 116 valence electrons. The predicted octanol–water partition coefficient (Wildman–Crippen LogP) is 2.76. The number of amides is 1. The third-order valence-corrected chi connectivity index (χ3v) is 4.90. The van der Waals surface area contributed by atoms with E-state index in [0.717, 1.165) is 6.42 Å². The van der Waals surface area contributed by atoms with Gasteiger partial charge < -0.3 is 4.90 Å². The van der Waals surface area contributed by atoms with Crippen LogP contribution in [-0.4, -0.2) is 31.8 Å². The van der Waals surface area contributed by atoms with Gasteiger partial charge in [-0.05, 0) is 25.3 Å². The van der Waals surface area contributed by atoms with E-state index in [1.807, 2.05) is 13.8 Å². The van der Waals surface area contributed by atoms with Gasteiger partial charge in [0.05, 0.1) is 5.56 Å². The lowest BCUT2D eigenvalue weighted by Gasteiger charge is -2.22. The van der Waals surface area contributed by atoms with E-state index in [0.29, 0.717) is 18.7 Å². The highest BCUT2D eigenvalue weighted by Gasteiger charge is 2.33. The molecular formula is C13H14ClF2NO3S. The molecule has 8 heteroatoms. The number of carbonyl (C=O) groups excluding carboxylic acids is 1. The fourth-order valence-electron chi connectivity index (χ4n) is 2.62. The number of benzene rings is 1. The second-order valence-corrected chi connectivity index (χ2v) is 7.88. The van der Waals surface area contributed by atoms with E-state index in [-0.39, 0.29) is 12.0 Å². The summed E-state index contributed by atoms with van der Waals surface area (Å²) in [4.78, 5) is 12.9. The first-order valence-corrected chi connectivity index (χ1v) is 8.67. The zero-order chi connectivity index (χ0) is 15.9. The van der Waals surface area contributed by atoms with E-state index in [1.54, 1.807) is 0 Å². The SMILES string of the molecule is CC1CC(C)N(C(=O)c2cc(S(=O)(=O)Cl)c(F)cc2F)C1. The molecule has 0 radical (unpaired) electrons. The Morgan fingerprint density at radius 1 is 1.29 bits per heavy atom. The standard InChI is InChI=1S/C13H14ClF2NO3S/c1-7-3-8(2)17(6-7)13(18)9-4-12(21(14,19)20)11(16)5-10(9)15/h4-5,7-8H,3,6H2,1-2H3. The molecule has 1 aliphatic heterocycles. The molecule has 1 aliphatic rings. The van der Waals surface area contributed by atoms with Gasteiger partial charge in [0, 0.05) is 29.3 Å². The molecule has 1 aromatic rings. The Bertz CT molecular complexity index is 693. The van der Waals surface area contributed by atoms with Crippen molar-refractivity contribution in [1.29, 1.82) is 0 Å². The first kappa shape index (κ1) is 16.2. The molecule has 0 N–H and O–H groups in total. The number of halogens is 3. The maximum absolute atomic E-state index is 13.8. The van der Waals surface area contributed by atoms with Crippen LogP contribution in [0, 0.1) is 17.6 Å². The maximum atomic E-state index is 13.8. The summed E-state index contributed by atoms with van der Waals surface area (Å²) in [6.45, 7) is 4.22. The molecule has 0 aliphatic carbocycles. The number of carbonyl (C=O) groups is 1. The monoisotopic (exact) mass is 337 g/mol. The van der Waals surface area contributed by atoms with Crippen LogP contribution in [0.1, 0.15) is 30.6 Å². The van der Waals surface area contributed by atoms with Gasteiger partial charge in [-0.15, -0.1) is 0 Å². The van der Waals surface area contributed by atoms with E-state index in [4.69, 9.17) is 10.7 Å². The van der Waals surface area contributed by atoms with Crippen LogP contribution in [0.2, 0.25) is 0 Å². The molecule has 1 saturated heterocycles. The van der Waals surface area contributed by atoms with E-state index in [1.165, 1.54) is 4.90 Å². The van der Waals surface area contributed by atoms with Gasteiger partial charge in [-0.3, -0.25) is 4.79 Å². The van der Waals surface area contributed by atoms with Crippen LogP contribution in [0.5, 0.6) is 0 Å². The Balaban J connectivity index is 2.47. The molecule has 1 amide bonds. The Morgan fingerprint density at radius 3 is 2.38 bits per heavy atom. The lowest BCUT2D eigenvalue weighted by molar-refractivity contribution is 0.0738. The second kappa shape index (κ2) is 5.53. The lowest BCUT2D eigenvalue weighted by atomic mass is 10.1. The normalized spacial score (nSPS) is 22.6. The molecule has 21 heavy (non-hydrogen) atoms. The average molecular weight is 338 g/mol. The summed E-state index contributed by atoms with van der Waals surface area (Å²) in [7, 11) is 0.695. The summed E-state index contributed by atoms with van der Waals surface area (Å²) in [5, 5.41) is 0. The van der Waals surface area contributed by atoms with Crippen LogP contribution in [0.25, 0.3) is 0 Å². The number of rotatable bonds is 2. The Labute approximate surface area is 126 Å². The molecule has 0 bridgehead atoms. The minimum Gasteiger partial charge on any atom is -0.336 e. The molecule has 1 fully saturated rings. The zero-order valence-corrected chi connectivity index (χ0v) is 13.0. The first-order chi connectivity index (χ1) is 9.61. The second-order valence-electron chi connectivity index (χ2n) is 5.35. The summed E-state index contributed by atoms with van der Waals surface area (Å²) in [6.07, 6.45) is 0.773. The van der Waals surface area contributed by atoms with Crippen molar-refractivity contribution in [2.75, 3.05) is 6.54 Å². The molecule has 0 aromatic heterocycles. The first-order valence-electron chi connectivity index (χ1n) is 6.36. The molecule has 0 spiro atoms. The third-order valence-electron chi connectivity index (χ3n) is 3.56. The molecule has 4 nitrogen and oxygen atoms in total. The smallest absolute Gasteiger partial charge is 0.264 e. The number of nitrogens with zero attached hydrogens (tertiary/aromatic N) is 1. The van der Waals surface area contributed by atoms with Gasteiger partial charge in [-0.1, -0.05) is 6.92 Å². The number of likely N-dealkylation sites (tertiary alicyclic amines) is 1. The number of hydrogen-bond donors (Lipinski definition) is 0. The van der Waals surface area contributed by atoms with Crippen LogP contribution in [0.3, 0.4) is 0 Å². The molecule has 2 atom stereocenters. The van der Waals surface area contributed by atoms with Crippen molar-refractivity contribution < 1.29 is 22.0 Å². The van der Waals surface area contributed by atoms with Crippen LogP contribution < -0.4 is 0 Å². The highest BCUT2D eigenvalue weighted by Crippen LogP contribution is 2.28. The lowest BCUT2D eigenvalue weighted by Crippen LogP contribution is -2.34. The number of hydrogen-bond acceptors (Lipinski definition) is 3. The van der Waals surface area contributed by atoms with E-state index in [2.05, 4.69) is 0 Å². The van der Waals surface area contributed by atoms with Gasteiger partial charge in [0.25, 0.3) is 15.0 Å². The van der Waals surface area contributed by atoms with Gasteiger partial charge in [0.2, 0.25) is 0 Å². The van der Waals surface area contributed by atoms with Crippen molar-refractivity contribution >= 4 is 25.6 Å². The van der Waals surface area contributed by atoms with E-state index in [9.17, 15) is 22.0 Å². The van der Waals surface area contributed by atoms with Crippen LogP contribution in [0.4, 0.5) is 8.78 Å². The fourth-order valence-corrected chi connectivity index (χ4v) is 3.52. The van der Waals surface area contributed by atoms with Crippen LogP contribution >= 0.6 is 10.7 Å². The minimum atomic E-state index is -4.39. The molecule has 0 saturated carbocycles. The highest BCUT2D eigenvalue weighted by molar-refractivity contribution is 8.13. The van der Waals surface area contributed by atoms with Crippen molar-refractivity contribution in [1.82, 2.24) is 4.90 Å². The van der Waals surface area contributed by atoms with Crippen molar-refractivity contribution in [2.45, 2.75) is 31.2 Å². The largest absolute Gasteiger partial charge is 0.336 e. The third kappa shape index (κ3) is 3.18. The Kier molecular flexibility index (Phi) is 4.26. The molecule has 1 heterocycles. The van der Waals surface area contributed by atoms with Crippen LogP contribution in [-0.2, 0) is 9.05 Å². The van der Waals surface area contributed by atoms with E-state index < -0.39 is 37.1 Å². The average Bonchev–Trinajstić information content (AvgIpc) is 2.66. The summed E-state index contributed by atoms with van der Waals surface area (Å²) in [5.41, 5.74) is -0.489. The van der Waals surface area contributed by atoms with Crippen molar-refractivity contribution in [3.63, 3.8) is 0 Å². The maximum Gasteiger partial charge on any atom is 0.264 e. The topological polar surface area (TPSA) is 54.5 Å². The minimum absolute atomic E-state index is 0.0898. The van der Waals surface area contributed by atoms with Crippen molar-refractivity contribution in [3.8, 4) is 0 Å². The molecule has 1 aromatic carbocycles. The quantitative estimate of drug-likeness (QED) is 0.780. The summed E-state index contributed by atoms with van der Waals surface area (Å²) >= 11 is 0. The summed E-state index contributed by atoms with van der Waals surface area (Å²) in [6, 6.07) is 0.936. The fraction of sp³-hybridized carbons (Fsp3) is 0.462. The Morgan fingerprint density at radius 2 is 1.90 bits per heavy atom. The Hall–Kier alpha value is -1.21. The van der Waals surface area contributed by atoms with E-state index >= 15 is 0 Å². The van der Waals surface area contributed by atoms with Gasteiger partial charge in [-0.2, -0.15) is 0 Å². The van der Waals surface area contributed by atoms with Gasteiger partial charge in [-0.25, -0.2) is 17.2 Å². The summed E-state index contributed by atoms with van der Waals surface area (Å²) < 4.78 is 49.8. The van der Waals surface area contributed by atoms with Crippen molar-refractivity contribution in [3.05, 3.63) is 29.3 Å². The zero-order valence-electron chi connectivity index (χ0n) is 11.4. The summed E-state index contributed by atoms with van der Waals surface area (Å²) in [5.74, 6) is -2.81. The van der Waals surface area contributed by atoms with Gasteiger partial charge in [0.15, 0.2) is 0 Å². The highest BCUT2D eigenvalue weighted by atomic mass is 35.7. The molecule has 2 rings (SSSR count). The predicted molar refractivity (Wildman–Crippen MR) is 73.7 cm³/mol. The molecule has 2 unspecified atom stereocenters.